The van der Waals surface area contributed by atoms with Crippen molar-refractivity contribution in [1.82, 2.24) is 5.32 Å². The van der Waals surface area contributed by atoms with Gasteiger partial charge in [0.15, 0.2) is 0 Å². The van der Waals surface area contributed by atoms with Crippen LogP contribution in [0.25, 0.3) is 0 Å². The quantitative estimate of drug-likeness (QED) is 0.603. The molecule has 0 spiro atoms. The number of rotatable bonds is 7. The Morgan fingerprint density at radius 3 is 2.81 bits per heavy atom. The van der Waals surface area contributed by atoms with E-state index in [9.17, 15) is 9.59 Å². The van der Waals surface area contributed by atoms with Crippen molar-refractivity contribution in [3.8, 4) is 5.75 Å². The fraction of sp³-hybridized carbons (Fsp3) is 0.238. The van der Waals surface area contributed by atoms with Crippen LogP contribution < -0.4 is 10.1 Å². The van der Waals surface area contributed by atoms with Crippen molar-refractivity contribution in [3.05, 3.63) is 78.1 Å². The first-order valence-electron chi connectivity index (χ1n) is 8.25. The van der Waals surface area contributed by atoms with Gasteiger partial charge in [0.2, 0.25) is 5.91 Å². The van der Waals surface area contributed by atoms with E-state index in [1.165, 1.54) is 0 Å². The highest BCUT2D eigenvalue weighted by Gasteiger charge is 2.33. The molecule has 2 rings (SSSR count). The molecule has 1 aliphatic heterocycles. The first kappa shape index (κ1) is 19.2. The van der Waals surface area contributed by atoms with Crippen LogP contribution in [0.2, 0.25) is 0 Å². The minimum absolute atomic E-state index is 0.0872. The number of methoxy groups -OCH3 is 1. The van der Waals surface area contributed by atoms with Crippen molar-refractivity contribution in [1.29, 1.82) is 0 Å². The van der Waals surface area contributed by atoms with Crippen molar-refractivity contribution in [2.75, 3.05) is 13.7 Å². The molecule has 0 saturated heterocycles. The molecule has 1 amide bonds. The van der Waals surface area contributed by atoms with E-state index in [1.807, 2.05) is 24.3 Å². The Balaban J connectivity index is 2.31. The third-order valence-electron chi connectivity index (χ3n) is 4.15. The van der Waals surface area contributed by atoms with Gasteiger partial charge in [0.05, 0.1) is 12.7 Å². The maximum Gasteiger partial charge on any atom is 0.336 e. The fourth-order valence-electron chi connectivity index (χ4n) is 2.87. The maximum absolute atomic E-state index is 12.7. The highest BCUT2D eigenvalue weighted by molar-refractivity contribution is 5.95. The molecule has 0 fully saturated rings. The van der Waals surface area contributed by atoms with E-state index >= 15 is 0 Å². The molecule has 1 N–H and O–H groups in total. The SMILES string of the molecule is C=C/C=C(\C=C)COC(=O)C1=C(C)NC(=O)CC1c1cccc(OC)c1. The minimum Gasteiger partial charge on any atom is -0.497 e. The summed E-state index contributed by atoms with van der Waals surface area (Å²) < 4.78 is 10.7. The molecule has 0 aromatic heterocycles. The van der Waals surface area contributed by atoms with E-state index in [2.05, 4.69) is 18.5 Å². The van der Waals surface area contributed by atoms with Crippen LogP contribution in [0.15, 0.2) is 72.5 Å². The van der Waals surface area contributed by atoms with Crippen molar-refractivity contribution in [2.24, 2.45) is 0 Å². The molecule has 5 nitrogen and oxygen atoms in total. The Labute approximate surface area is 153 Å². The number of esters is 1. The van der Waals surface area contributed by atoms with Gasteiger partial charge in [-0.15, -0.1) is 0 Å². The first-order valence-corrected chi connectivity index (χ1v) is 8.25. The van der Waals surface area contributed by atoms with E-state index in [1.54, 1.807) is 32.3 Å². The van der Waals surface area contributed by atoms with Crippen LogP contribution in [0, 0.1) is 0 Å². The lowest BCUT2D eigenvalue weighted by atomic mass is 9.84. The first-order chi connectivity index (χ1) is 12.5. The Hall–Kier alpha value is -3.08. The van der Waals surface area contributed by atoms with Crippen LogP contribution in [-0.2, 0) is 14.3 Å². The standard InChI is InChI=1S/C21H23NO4/c1-5-8-15(6-2)13-26-21(24)20-14(3)22-19(23)12-18(20)16-9-7-10-17(11-16)25-4/h5-11,18H,1-2,12-13H2,3-4H3,(H,22,23)/b15-8+. The highest BCUT2D eigenvalue weighted by atomic mass is 16.5. The van der Waals surface area contributed by atoms with Gasteiger partial charge in [-0.2, -0.15) is 0 Å². The monoisotopic (exact) mass is 353 g/mol. The van der Waals surface area contributed by atoms with Crippen LogP contribution >= 0.6 is 0 Å². The minimum atomic E-state index is -0.466. The largest absolute Gasteiger partial charge is 0.497 e. The van der Waals surface area contributed by atoms with Crippen LogP contribution in [-0.4, -0.2) is 25.6 Å². The number of benzene rings is 1. The third kappa shape index (κ3) is 4.51. The summed E-state index contributed by atoms with van der Waals surface area (Å²) in [7, 11) is 1.58. The van der Waals surface area contributed by atoms with Crippen LogP contribution in [0.3, 0.4) is 0 Å². The van der Waals surface area contributed by atoms with E-state index in [0.29, 0.717) is 17.0 Å². The average Bonchev–Trinajstić information content (AvgIpc) is 2.64. The van der Waals surface area contributed by atoms with Gasteiger partial charge in [-0.25, -0.2) is 4.79 Å². The molecule has 1 aromatic rings. The second kappa shape index (κ2) is 8.85. The molecule has 1 unspecified atom stereocenters. The predicted molar refractivity (Wildman–Crippen MR) is 101 cm³/mol. The summed E-state index contributed by atoms with van der Waals surface area (Å²) in [6.45, 7) is 9.10. The van der Waals surface area contributed by atoms with Crippen LogP contribution in [0.1, 0.15) is 24.8 Å². The fourth-order valence-corrected chi connectivity index (χ4v) is 2.87. The van der Waals surface area contributed by atoms with Crippen molar-refractivity contribution in [2.45, 2.75) is 19.3 Å². The summed E-state index contributed by atoms with van der Waals surface area (Å²) in [4.78, 5) is 24.7. The number of allylic oxidation sites excluding steroid dienone is 3. The van der Waals surface area contributed by atoms with Gasteiger partial charge in [0.1, 0.15) is 12.4 Å². The molecule has 0 bridgehead atoms. The number of carbonyl (C=O) groups excluding carboxylic acids is 2. The Morgan fingerprint density at radius 1 is 1.38 bits per heavy atom. The highest BCUT2D eigenvalue weighted by Crippen LogP contribution is 2.34. The van der Waals surface area contributed by atoms with Crippen LogP contribution in [0.5, 0.6) is 5.75 Å². The zero-order valence-corrected chi connectivity index (χ0v) is 15.1. The Kier molecular flexibility index (Phi) is 6.55. The zero-order chi connectivity index (χ0) is 19.1. The molecule has 26 heavy (non-hydrogen) atoms. The number of nitrogens with one attached hydrogen (secondary N) is 1. The number of ether oxygens (including phenoxy) is 2. The second-order valence-corrected chi connectivity index (χ2v) is 5.88. The van der Waals surface area contributed by atoms with Gasteiger partial charge in [0.25, 0.3) is 0 Å². The summed E-state index contributed by atoms with van der Waals surface area (Å²) in [5.41, 5.74) is 2.52. The van der Waals surface area contributed by atoms with Gasteiger partial charge in [-0.1, -0.05) is 43.5 Å². The number of hydrogen-bond donors (Lipinski definition) is 1. The third-order valence-corrected chi connectivity index (χ3v) is 4.15. The van der Waals surface area contributed by atoms with Gasteiger partial charge in [-0.3, -0.25) is 4.79 Å². The normalized spacial score (nSPS) is 17.4. The lowest BCUT2D eigenvalue weighted by Gasteiger charge is -2.26. The molecule has 0 saturated carbocycles. The van der Waals surface area contributed by atoms with E-state index in [0.717, 1.165) is 11.1 Å². The number of amides is 1. The second-order valence-electron chi connectivity index (χ2n) is 5.88. The molecule has 0 radical (unpaired) electrons. The van der Waals surface area contributed by atoms with Gasteiger partial charge in [0, 0.05) is 18.0 Å². The molecule has 1 atom stereocenters. The topological polar surface area (TPSA) is 64.6 Å². The Morgan fingerprint density at radius 2 is 2.15 bits per heavy atom. The lowest BCUT2D eigenvalue weighted by Crippen LogP contribution is -2.34. The number of carbonyl (C=O) groups is 2. The smallest absolute Gasteiger partial charge is 0.336 e. The molecule has 1 heterocycles. The van der Waals surface area contributed by atoms with Crippen molar-refractivity contribution >= 4 is 11.9 Å². The molecule has 1 aliphatic rings. The maximum atomic E-state index is 12.7. The predicted octanol–water partition coefficient (Wildman–Crippen LogP) is 3.41. The van der Waals surface area contributed by atoms with Gasteiger partial charge >= 0.3 is 5.97 Å². The van der Waals surface area contributed by atoms with E-state index in [-0.39, 0.29) is 24.9 Å². The summed E-state index contributed by atoms with van der Waals surface area (Å²) in [5.74, 6) is -0.319. The van der Waals surface area contributed by atoms with Gasteiger partial charge < -0.3 is 14.8 Å². The molecule has 136 valence electrons. The van der Waals surface area contributed by atoms with Crippen molar-refractivity contribution in [3.63, 3.8) is 0 Å². The molecule has 1 aromatic carbocycles. The molecule has 5 heteroatoms. The van der Waals surface area contributed by atoms with E-state index < -0.39 is 5.97 Å². The molecular weight excluding hydrogens is 330 g/mol. The van der Waals surface area contributed by atoms with Gasteiger partial charge in [-0.05, 0) is 30.2 Å². The van der Waals surface area contributed by atoms with Crippen LogP contribution in [0.4, 0.5) is 0 Å². The Bertz CT molecular complexity index is 789. The summed E-state index contributed by atoms with van der Waals surface area (Å²) >= 11 is 0. The summed E-state index contributed by atoms with van der Waals surface area (Å²) in [5, 5.41) is 2.72. The summed E-state index contributed by atoms with van der Waals surface area (Å²) in [6.07, 6.45) is 5.11. The van der Waals surface area contributed by atoms with Crippen molar-refractivity contribution < 1.29 is 19.1 Å². The average molecular weight is 353 g/mol. The number of hydrogen-bond acceptors (Lipinski definition) is 4. The lowest BCUT2D eigenvalue weighted by molar-refractivity contribution is -0.138. The molecular formula is C21H23NO4. The van der Waals surface area contributed by atoms with E-state index in [4.69, 9.17) is 9.47 Å². The molecule has 0 aliphatic carbocycles. The zero-order valence-electron chi connectivity index (χ0n) is 15.1. The summed E-state index contributed by atoms with van der Waals surface area (Å²) in [6, 6.07) is 7.36.